The van der Waals surface area contributed by atoms with Crippen molar-refractivity contribution in [2.24, 2.45) is 17.8 Å². The number of hydrogen-bond acceptors (Lipinski definition) is 8. The maximum atomic E-state index is 13.8. The molecule has 4 N–H and O–H groups in total. The van der Waals surface area contributed by atoms with Gasteiger partial charge in [0.1, 0.15) is 17.7 Å². The molecule has 48 heavy (non-hydrogen) atoms. The molecule has 260 valence electrons. The van der Waals surface area contributed by atoms with Gasteiger partial charge >= 0.3 is 6.03 Å². The molecule has 2 aliphatic heterocycles. The number of likely N-dealkylation sites (tertiary alicyclic amines) is 1. The highest BCUT2D eigenvalue weighted by atomic mass is 16.6. The minimum atomic E-state index is -0.996. The number of piperidine rings is 1. The highest BCUT2D eigenvalue weighted by Gasteiger charge is 2.50. The molecule has 0 bridgehead atoms. The lowest BCUT2D eigenvalue weighted by atomic mass is 9.93. The zero-order valence-electron chi connectivity index (χ0n) is 28.5. The summed E-state index contributed by atoms with van der Waals surface area (Å²) in [4.78, 5) is 76.6. The first-order valence-corrected chi connectivity index (χ1v) is 16.8. The summed E-state index contributed by atoms with van der Waals surface area (Å²) in [6.07, 6.45) is 4.97. The summed E-state index contributed by atoms with van der Waals surface area (Å²) in [5.74, 6) is -1.23. The number of anilines is 1. The average molecular weight is 664 g/mol. The van der Waals surface area contributed by atoms with Gasteiger partial charge in [-0.05, 0) is 56.1 Å². The monoisotopic (exact) mass is 663 g/mol. The Hall–Kier alpha value is -4.39. The van der Waals surface area contributed by atoms with Gasteiger partial charge in [0.05, 0.1) is 12.6 Å². The van der Waals surface area contributed by atoms with Gasteiger partial charge in [-0.3, -0.25) is 24.5 Å². The van der Waals surface area contributed by atoms with Crippen LogP contribution in [0.25, 0.3) is 0 Å². The van der Waals surface area contributed by atoms with E-state index in [0.717, 1.165) is 5.56 Å². The van der Waals surface area contributed by atoms with Crippen LogP contribution < -0.4 is 21.3 Å². The van der Waals surface area contributed by atoms with E-state index in [1.54, 1.807) is 30.3 Å². The van der Waals surface area contributed by atoms with Gasteiger partial charge in [0.15, 0.2) is 5.78 Å². The summed E-state index contributed by atoms with van der Waals surface area (Å²) < 4.78 is 5.38. The lowest BCUT2D eigenvalue weighted by Gasteiger charge is -2.33. The minimum Gasteiger partial charge on any atom is -0.361 e. The minimum absolute atomic E-state index is 0.0596. The van der Waals surface area contributed by atoms with Gasteiger partial charge in [-0.1, -0.05) is 58.0 Å². The first-order chi connectivity index (χ1) is 22.8. The SMILES string of the molecule is CC(C)C[C@H](NC(=O)N1CCC(C(=O)Nc2ncccn2)CC1)C(=O)N[C@@H](Cc1ccccc1)C(=O)N[C@@H](CC(C)C)C(=O)[C@@]1(C)CO1. The molecule has 2 aliphatic rings. The molecule has 4 atom stereocenters. The number of aromatic nitrogens is 2. The summed E-state index contributed by atoms with van der Waals surface area (Å²) in [5.41, 5.74) is -0.0796. The Labute approximate surface area is 282 Å². The second kappa shape index (κ2) is 16.6. The summed E-state index contributed by atoms with van der Waals surface area (Å²) in [6.45, 7) is 10.5. The van der Waals surface area contributed by atoms with Gasteiger partial charge in [0.25, 0.3) is 0 Å². The number of nitrogens with zero attached hydrogens (tertiary/aromatic N) is 3. The van der Waals surface area contributed by atoms with Crippen LogP contribution in [-0.4, -0.2) is 87.8 Å². The molecule has 4 rings (SSSR count). The fourth-order valence-electron chi connectivity index (χ4n) is 5.79. The molecule has 13 nitrogen and oxygen atoms in total. The van der Waals surface area contributed by atoms with E-state index in [2.05, 4.69) is 31.2 Å². The predicted octanol–water partition coefficient (Wildman–Crippen LogP) is 2.87. The molecular weight excluding hydrogens is 614 g/mol. The Kier molecular flexibility index (Phi) is 12.6. The van der Waals surface area contributed by atoms with Crippen molar-refractivity contribution in [3.63, 3.8) is 0 Å². The summed E-state index contributed by atoms with van der Waals surface area (Å²) in [7, 11) is 0. The van der Waals surface area contributed by atoms with Crippen molar-refractivity contribution < 1.29 is 28.7 Å². The number of epoxide rings is 1. The molecule has 13 heteroatoms. The highest BCUT2D eigenvalue weighted by Crippen LogP contribution is 2.29. The Balaban J connectivity index is 1.41. The molecule has 0 unspecified atom stereocenters. The lowest BCUT2D eigenvalue weighted by Crippen LogP contribution is -2.58. The van der Waals surface area contributed by atoms with E-state index in [9.17, 15) is 24.0 Å². The van der Waals surface area contributed by atoms with Crippen LogP contribution in [0.2, 0.25) is 0 Å². The number of carbonyl (C=O) groups is 5. The van der Waals surface area contributed by atoms with Crippen LogP contribution >= 0.6 is 0 Å². The average Bonchev–Trinajstić information content (AvgIpc) is 3.82. The first kappa shape index (κ1) is 36.4. The van der Waals surface area contributed by atoms with E-state index in [1.807, 2.05) is 58.0 Å². The van der Waals surface area contributed by atoms with Crippen molar-refractivity contribution in [1.29, 1.82) is 0 Å². The molecule has 3 heterocycles. The Morgan fingerprint density at radius 1 is 0.833 bits per heavy atom. The number of nitrogens with one attached hydrogen (secondary N) is 4. The zero-order valence-corrected chi connectivity index (χ0v) is 28.5. The van der Waals surface area contributed by atoms with Crippen molar-refractivity contribution in [2.45, 2.75) is 90.4 Å². The highest BCUT2D eigenvalue weighted by molar-refractivity contribution is 5.98. The van der Waals surface area contributed by atoms with Crippen LogP contribution in [-0.2, 0) is 30.3 Å². The molecule has 0 aliphatic carbocycles. The van der Waals surface area contributed by atoms with Crippen LogP contribution in [0.5, 0.6) is 0 Å². The third kappa shape index (κ3) is 10.6. The van der Waals surface area contributed by atoms with Crippen molar-refractivity contribution in [3.8, 4) is 0 Å². The number of benzene rings is 1. The smallest absolute Gasteiger partial charge is 0.318 e. The van der Waals surface area contributed by atoms with Gasteiger partial charge in [-0.15, -0.1) is 0 Å². The van der Waals surface area contributed by atoms with Crippen LogP contribution in [0.4, 0.5) is 10.7 Å². The lowest BCUT2D eigenvalue weighted by molar-refractivity contribution is -0.133. The van der Waals surface area contributed by atoms with Crippen molar-refractivity contribution in [1.82, 2.24) is 30.8 Å². The van der Waals surface area contributed by atoms with Crippen LogP contribution in [0, 0.1) is 17.8 Å². The molecule has 0 radical (unpaired) electrons. The third-order valence-corrected chi connectivity index (χ3v) is 8.63. The van der Waals surface area contributed by atoms with Gasteiger partial charge in [-0.2, -0.15) is 0 Å². The number of hydrogen-bond donors (Lipinski definition) is 4. The van der Waals surface area contributed by atoms with Gasteiger partial charge in [0, 0.05) is 37.8 Å². The summed E-state index contributed by atoms with van der Waals surface area (Å²) >= 11 is 0. The quantitative estimate of drug-likeness (QED) is 0.211. The van der Waals surface area contributed by atoms with Crippen LogP contribution in [0.1, 0.15) is 65.9 Å². The number of ether oxygens (including phenoxy) is 1. The van der Waals surface area contributed by atoms with Crippen molar-refractivity contribution >= 4 is 35.5 Å². The van der Waals surface area contributed by atoms with Crippen LogP contribution in [0.3, 0.4) is 0 Å². The molecule has 5 amide bonds. The standard InChI is InChI=1S/C35H49N7O6/c1-22(2)18-26(29(43)35(5)21-48-35)38-32(46)28(20-24-10-7-6-8-11-24)39-31(45)27(19-23(3)4)40-34(47)42-16-12-25(13-17-42)30(44)41-33-36-14-9-15-37-33/h6-11,14-15,22-23,25-28H,12-13,16-21H2,1-5H3,(H,38,46)(H,39,45)(H,40,47)(H,36,37,41,44)/t26-,27-,28-,35+/m0/s1. The van der Waals surface area contributed by atoms with E-state index in [1.165, 1.54) is 0 Å². The molecule has 0 spiro atoms. The number of carbonyl (C=O) groups excluding carboxylic acids is 5. The normalized spacial score (nSPS) is 19.6. The second-order valence-electron chi connectivity index (χ2n) is 13.8. The Morgan fingerprint density at radius 3 is 1.98 bits per heavy atom. The Morgan fingerprint density at radius 2 is 1.40 bits per heavy atom. The molecular formula is C35H49N7O6. The van der Waals surface area contributed by atoms with E-state index in [4.69, 9.17) is 4.74 Å². The molecule has 1 aromatic heterocycles. The van der Waals surface area contributed by atoms with Gasteiger partial charge in [-0.25, -0.2) is 14.8 Å². The maximum Gasteiger partial charge on any atom is 0.318 e. The van der Waals surface area contributed by atoms with Gasteiger partial charge < -0.3 is 25.6 Å². The first-order valence-electron chi connectivity index (χ1n) is 16.8. The number of rotatable bonds is 15. The zero-order chi connectivity index (χ0) is 34.8. The van der Waals surface area contributed by atoms with E-state index in [-0.39, 0.29) is 41.8 Å². The predicted molar refractivity (Wildman–Crippen MR) is 180 cm³/mol. The fraction of sp³-hybridized carbons (Fsp3) is 0.571. The Bertz CT molecular complexity index is 1410. The number of Topliss-reactive ketones (excluding diaryl/α,β-unsaturated/α-hetero) is 1. The maximum absolute atomic E-state index is 13.8. The molecule has 2 aromatic rings. The number of urea groups is 1. The third-order valence-electron chi connectivity index (χ3n) is 8.63. The van der Waals surface area contributed by atoms with Crippen molar-refractivity contribution in [2.75, 3.05) is 25.0 Å². The summed E-state index contributed by atoms with van der Waals surface area (Å²) in [5, 5.41) is 11.4. The van der Waals surface area contributed by atoms with E-state index < -0.39 is 41.6 Å². The summed E-state index contributed by atoms with van der Waals surface area (Å²) in [6, 6.07) is 7.89. The second-order valence-corrected chi connectivity index (χ2v) is 13.8. The van der Waals surface area contributed by atoms with Gasteiger partial charge in [0.2, 0.25) is 23.7 Å². The van der Waals surface area contributed by atoms with Crippen molar-refractivity contribution in [3.05, 3.63) is 54.4 Å². The fourth-order valence-corrected chi connectivity index (χ4v) is 5.79. The van der Waals surface area contributed by atoms with Crippen LogP contribution in [0.15, 0.2) is 48.8 Å². The molecule has 0 saturated carbocycles. The number of ketones is 1. The molecule has 2 saturated heterocycles. The number of amides is 5. The topological polar surface area (TPSA) is 175 Å². The largest absolute Gasteiger partial charge is 0.361 e. The molecule has 2 fully saturated rings. The van der Waals surface area contributed by atoms with E-state index >= 15 is 0 Å². The molecule has 1 aromatic carbocycles. The van der Waals surface area contributed by atoms with E-state index in [0.29, 0.717) is 45.4 Å².